The number of hydrogen-bond acceptors (Lipinski definition) is 28. The summed E-state index contributed by atoms with van der Waals surface area (Å²) in [5, 5.41) is 114. The predicted octanol–water partition coefficient (Wildman–Crippen LogP) is 2.74. The zero-order chi connectivity index (χ0) is 99.8. The topological polar surface area (TPSA) is 649 Å². The Balaban J connectivity index is 1.32. The van der Waals surface area contributed by atoms with Crippen LogP contribution in [0.15, 0.2) is 78.9 Å². The number of carbonyl (C=O) groups is 20. The van der Waals surface area contributed by atoms with Crippen molar-refractivity contribution in [3.05, 3.63) is 95.6 Å². The second-order valence-electron chi connectivity index (χ2n) is 35.5. The fraction of sp³-hybridized carbons (Fsp3) is 0.596. The molecule has 1 heterocycles. The molecule has 1 aliphatic carbocycles. The molecular weight excluding hydrogens is 1770 g/mol. The molecule has 134 heavy (non-hydrogen) atoms. The highest BCUT2D eigenvalue weighted by atomic mass is 32.2. The zero-order valence-electron chi connectivity index (χ0n) is 76.9. The summed E-state index contributed by atoms with van der Waals surface area (Å²) in [6.07, 6.45) is -8.90. The van der Waals surface area contributed by atoms with Crippen LogP contribution in [0.25, 0.3) is 0 Å². The van der Waals surface area contributed by atoms with Gasteiger partial charge in [0, 0.05) is 82.3 Å². The van der Waals surface area contributed by atoms with E-state index in [-0.39, 0.29) is 80.3 Å². The number of aromatic hydroxyl groups is 2. The predicted molar refractivity (Wildman–Crippen MR) is 485 cm³/mol. The molecule has 0 spiro atoms. The second-order valence-corrected chi connectivity index (χ2v) is 36.4. The van der Waals surface area contributed by atoms with Crippen molar-refractivity contribution in [2.75, 3.05) is 45.1 Å². The first kappa shape index (κ1) is 113. The van der Waals surface area contributed by atoms with Crippen LogP contribution >= 0.6 is 11.8 Å². The molecule has 3 aromatic carbocycles. The van der Waals surface area contributed by atoms with E-state index in [4.69, 9.17) is 5.73 Å². The van der Waals surface area contributed by atoms with Gasteiger partial charge in [-0.25, -0.2) is 0 Å². The van der Waals surface area contributed by atoms with Gasteiger partial charge in [0.2, 0.25) is 53.2 Å². The standard InChI is InChI=1S/C94H132N10O29S/c1-8-53(4)84(78(116)41-61(36-58-20-25-65(109)26-21-58)87(127)99-70(35-52(2)3)74(112)39-62(44-82(121)122)86(126)98-54(5)17-13-16-32-95)103-89(129)64(49-105)42-75(113)71(38-59-22-27-66(110)28-23-59)100-88(128)63(45-83(123)124)40-76(114)73(50-106)102-91(131)69(56(7)108)47-77(115)72(37-57-18-11-9-12-19-57)101-90(130)68(55(6)107)46-67(111)48-97-85(125)60(24-29-81(119)120)43-79(117)94(30-14-10-15-31-94)92(132)96-33-34-104-80(118)51-134-93(104)133/h9,11-12,18-23,25-28,52-56,60-64,68-73,84,105-110H,8,10,13-17,24,29-51,95H2,1-7H3,(H,96,132)(H,97,125)(H,98,126)(H,99,127)(H,100,128)(H,101,130)(H,102,131)(H,103,129)(H,119,120)(H,121,122)(H,123,124)/t53-,54+,55+,56+,60+,61+,62-,63-,64-,68-,69-,70-,71-,72-,73-,84-/m0/s1. The Kier molecular flexibility index (Phi) is 47.7. The number of rotatable bonds is 64. The minimum atomic E-state index is -2.00. The molecule has 738 valence electrons. The summed E-state index contributed by atoms with van der Waals surface area (Å²) < 4.78 is 0. The van der Waals surface area contributed by atoms with Gasteiger partial charge in [0.05, 0.1) is 104 Å². The van der Waals surface area contributed by atoms with E-state index in [1.165, 1.54) is 48.5 Å². The third-order valence-electron chi connectivity index (χ3n) is 24.3. The van der Waals surface area contributed by atoms with Gasteiger partial charge in [-0.2, -0.15) is 0 Å². The van der Waals surface area contributed by atoms with E-state index in [1.54, 1.807) is 65.0 Å². The summed E-state index contributed by atoms with van der Waals surface area (Å²) in [6.45, 7) is 7.73. The lowest BCUT2D eigenvalue weighted by Crippen LogP contribution is -2.52. The number of phenolic OH excluding ortho intramolecular Hbond substituents is 2. The summed E-state index contributed by atoms with van der Waals surface area (Å²) in [5.74, 6) is -31.3. The van der Waals surface area contributed by atoms with Gasteiger partial charge in [-0.05, 0) is 138 Å². The third-order valence-corrected chi connectivity index (χ3v) is 25.1. The number of benzene rings is 3. The third kappa shape index (κ3) is 37.3. The maximum absolute atomic E-state index is 14.9. The molecule has 10 amide bonds. The molecule has 39 nitrogen and oxygen atoms in total. The Morgan fingerprint density at radius 1 is 0.470 bits per heavy atom. The zero-order valence-corrected chi connectivity index (χ0v) is 77.7. The SMILES string of the molecule is CC[C@H](C)[C@H](NC(=O)[C@H](CO)CC(=O)[C@H](Cc1ccc(O)cc1)NC(=O)[C@H](CC(=O)O)CC(=O)[C@H](CO)NC(=O)[C@@H](CC(=O)[C@H](Cc1ccccc1)NC(=O)[C@@H](CC(=O)CNC(=O)[C@H](CCC(=O)O)CC(=O)C1(C(=O)NCCN2C(=O)CSC2=O)CCCCC1)[C@@H](C)O)[C@@H](C)O)C(=O)C[C@@H](Cc1ccc(O)cc1)C(=O)N[C@@H](CC(C)C)C(=O)C[C@@H](CC(=O)O)C(=O)N[C@H](C)CCCCN. The Morgan fingerprint density at radius 3 is 1.46 bits per heavy atom. The van der Waals surface area contributed by atoms with Crippen molar-refractivity contribution in [3.63, 3.8) is 0 Å². The van der Waals surface area contributed by atoms with Crippen molar-refractivity contribution in [1.29, 1.82) is 0 Å². The number of nitrogens with one attached hydrogen (secondary N) is 8. The molecule has 0 unspecified atom stereocenters. The molecule has 2 fully saturated rings. The first-order valence-corrected chi connectivity index (χ1v) is 46.4. The monoisotopic (exact) mass is 1900 g/mol. The number of Topliss-reactive ketones (excluding diaryl/α,β-unsaturated/α-hetero) is 7. The number of unbranched alkanes of at least 4 members (excludes halogenated alkanes) is 1. The first-order valence-electron chi connectivity index (χ1n) is 45.4. The maximum Gasteiger partial charge on any atom is 0.304 e. The van der Waals surface area contributed by atoms with E-state index in [9.17, 15) is 142 Å². The molecule has 1 saturated heterocycles. The number of imide groups is 1. The van der Waals surface area contributed by atoms with Crippen LogP contribution in [-0.4, -0.2) is 261 Å². The van der Waals surface area contributed by atoms with Crippen LogP contribution in [-0.2, 0) is 110 Å². The normalized spacial score (nSPS) is 16.6. The molecule has 19 N–H and O–H groups in total. The number of carbonyl (C=O) groups excluding carboxylic acids is 17. The first-order chi connectivity index (χ1) is 63.3. The van der Waals surface area contributed by atoms with Crippen molar-refractivity contribution in [2.24, 2.45) is 64.4 Å². The van der Waals surface area contributed by atoms with Crippen molar-refractivity contribution in [3.8, 4) is 11.5 Å². The largest absolute Gasteiger partial charge is 0.508 e. The summed E-state index contributed by atoms with van der Waals surface area (Å²) in [7, 11) is 0. The molecule has 0 radical (unpaired) electrons. The summed E-state index contributed by atoms with van der Waals surface area (Å²) in [5.41, 5.74) is 5.10. The van der Waals surface area contributed by atoms with E-state index in [1.807, 2.05) is 0 Å². The van der Waals surface area contributed by atoms with Gasteiger partial charge < -0.3 is 94.2 Å². The number of nitrogens with two attached hydrogens (primary N) is 1. The number of aliphatic hydroxyl groups excluding tert-OH is 4. The van der Waals surface area contributed by atoms with Gasteiger partial charge in [0.15, 0.2) is 34.7 Å². The highest BCUT2D eigenvalue weighted by Crippen LogP contribution is 2.40. The van der Waals surface area contributed by atoms with Crippen LogP contribution < -0.4 is 48.3 Å². The van der Waals surface area contributed by atoms with Gasteiger partial charge in [-0.15, -0.1) is 0 Å². The van der Waals surface area contributed by atoms with Crippen LogP contribution in [0.2, 0.25) is 0 Å². The van der Waals surface area contributed by atoms with Crippen LogP contribution in [0.1, 0.15) is 200 Å². The number of phenols is 2. The Morgan fingerprint density at radius 2 is 0.948 bits per heavy atom. The van der Waals surface area contributed by atoms with E-state index >= 15 is 0 Å². The molecule has 5 rings (SSSR count). The Labute approximate surface area is 781 Å². The molecule has 3 aromatic rings. The van der Waals surface area contributed by atoms with E-state index < -0.39 is 315 Å². The average Bonchev–Trinajstić information content (AvgIpc) is 0.816. The summed E-state index contributed by atoms with van der Waals surface area (Å²) in [4.78, 5) is 277. The molecule has 2 aliphatic rings. The Bertz CT molecular complexity index is 4550. The van der Waals surface area contributed by atoms with Crippen molar-refractivity contribution in [1.82, 2.24) is 47.4 Å². The average molecular weight is 1900 g/mol. The van der Waals surface area contributed by atoms with Gasteiger partial charge in [0.1, 0.15) is 28.7 Å². The number of nitrogens with zero attached hydrogens (tertiary/aromatic N) is 1. The van der Waals surface area contributed by atoms with Crippen molar-refractivity contribution >= 4 is 129 Å². The quantitative estimate of drug-likeness (QED) is 0.0285. The maximum atomic E-state index is 14.9. The number of carboxylic acids is 3. The molecule has 1 saturated carbocycles. The Hall–Kier alpha value is -11.6. The molecule has 40 heteroatoms. The van der Waals surface area contributed by atoms with Crippen molar-refractivity contribution in [2.45, 2.75) is 251 Å². The minimum Gasteiger partial charge on any atom is -0.508 e. The second kappa shape index (κ2) is 56.6. The smallest absolute Gasteiger partial charge is 0.304 e. The van der Waals surface area contributed by atoms with E-state index in [2.05, 4.69) is 42.5 Å². The highest BCUT2D eigenvalue weighted by molar-refractivity contribution is 8.14. The molecule has 16 atom stereocenters. The molecule has 0 bridgehead atoms. The number of aliphatic hydroxyl groups is 4. The number of hydrogen-bond donors (Lipinski definition) is 18. The van der Waals surface area contributed by atoms with Crippen LogP contribution in [0.5, 0.6) is 11.5 Å². The lowest BCUT2D eigenvalue weighted by molar-refractivity contribution is -0.147. The lowest BCUT2D eigenvalue weighted by Gasteiger charge is -2.35. The lowest BCUT2D eigenvalue weighted by atomic mass is 9.68. The van der Waals surface area contributed by atoms with Crippen LogP contribution in [0.3, 0.4) is 0 Å². The summed E-state index contributed by atoms with van der Waals surface area (Å²) >= 11 is 0.800. The highest BCUT2D eigenvalue weighted by Gasteiger charge is 2.48. The fourth-order valence-corrected chi connectivity index (χ4v) is 16.9. The number of ketones is 7. The fourth-order valence-electron chi connectivity index (χ4n) is 16.1. The minimum absolute atomic E-state index is 0.0223. The number of thioether (sulfide) groups is 1. The molecule has 1 aliphatic heterocycles. The van der Waals surface area contributed by atoms with Crippen LogP contribution in [0, 0.1) is 58.7 Å². The van der Waals surface area contributed by atoms with Crippen molar-refractivity contribution < 1.29 is 142 Å². The number of carboxylic acid groups (broad SMARTS) is 3. The molecular formula is C94H132N10O29S. The van der Waals surface area contributed by atoms with Gasteiger partial charge in [0.25, 0.3) is 5.24 Å². The van der Waals surface area contributed by atoms with Crippen LogP contribution in [0.4, 0.5) is 4.79 Å². The van der Waals surface area contributed by atoms with Gasteiger partial charge in [-0.3, -0.25) is 101 Å². The van der Waals surface area contributed by atoms with E-state index in [0.29, 0.717) is 56.2 Å². The summed E-state index contributed by atoms with van der Waals surface area (Å²) in [6, 6.07) is 10.3. The number of aliphatic carboxylic acids is 3. The molecule has 0 aromatic heterocycles. The number of amides is 10. The van der Waals surface area contributed by atoms with Gasteiger partial charge >= 0.3 is 17.9 Å². The van der Waals surface area contributed by atoms with Gasteiger partial charge in [-0.1, -0.05) is 126 Å². The van der Waals surface area contributed by atoms with E-state index in [0.717, 1.165) is 30.5 Å².